The molecule has 23 heavy (non-hydrogen) atoms. The van der Waals surface area contributed by atoms with E-state index in [1.807, 2.05) is 0 Å². The summed E-state index contributed by atoms with van der Waals surface area (Å²) in [6.45, 7) is 0. The van der Waals surface area contributed by atoms with E-state index in [0.717, 1.165) is 18.2 Å². The fourth-order valence-corrected chi connectivity index (χ4v) is 2.21. The average Bonchev–Trinajstić information content (AvgIpc) is 2.51. The Morgan fingerprint density at radius 3 is 2.65 bits per heavy atom. The second-order valence-electron chi connectivity index (χ2n) is 4.80. The van der Waals surface area contributed by atoms with Crippen molar-refractivity contribution in [3.05, 3.63) is 70.0 Å². The van der Waals surface area contributed by atoms with Crippen molar-refractivity contribution in [3.63, 3.8) is 0 Å². The molecule has 1 amide bonds. The van der Waals surface area contributed by atoms with Crippen LogP contribution < -0.4 is 10.9 Å². The molecule has 0 radical (unpaired) electrons. The van der Waals surface area contributed by atoms with Gasteiger partial charge in [-0.1, -0.05) is 12.1 Å². The van der Waals surface area contributed by atoms with Gasteiger partial charge in [0.15, 0.2) is 0 Å². The molecule has 0 fully saturated rings. The number of carbonyl (C=O) groups is 1. The zero-order valence-electron chi connectivity index (χ0n) is 11.6. The van der Waals surface area contributed by atoms with Crippen LogP contribution in [0.25, 0.3) is 10.9 Å². The molecule has 3 aromatic rings. The van der Waals surface area contributed by atoms with Gasteiger partial charge in [0.25, 0.3) is 11.5 Å². The number of aromatic hydroxyl groups is 1. The summed E-state index contributed by atoms with van der Waals surface area (Å²) in [6.07, 6.45) is 0. The average molecular weight is 316 g/mol. The van der Waals surface area contributed by atoms with E-state index in [1.54, 1.807) is 18.2 Å². The lowest BCUT2D eigenvalue weighted by Crippen LogP contribution is -2.23. The van der Waals surface area contributed by atoms with E-state index >= 15 is 0 Å². The van der Waals surface area contributed by atoms with Gasteiger partial charge in [-0.15, -0.1) is 0 Å². The molecule has 7 heteroatoms. The summed E-state index contributed by atoms with van der Waals surface area (Å²) in [5.74, 6) is -3.19. The maximum absolute atomic E-state index is 13.6. The lowest BCUT2D eigenvalue weighted by molar-refractivity contribution is 0.102. The van der Waals surface area contributed by atoms with E-state index < -0.39 is 40.1 Å². The maximum Gasteiger partial charge on any atom is 0.265 e. The van der Waals surface area contributed by atoms with Crippen molar-refractivity contribution in [2.24, 2.45) is 0 Å². The zero-order chi connectivity index (χ0) is 16.6. The summed E-state index contributed by atoms with van der Waals surface area (Å²) in [5, 5.41) is 12.5. The largest absolute Gasteiger partial charge is 0.506 e. The van der Waals surface area contributed by atoms with Crippen LogP contribution in [0.2, 0.25) is 0 Å². The number of H-pyrrole nitrogens is 1. The Balaban J connectivity index is 2.08. The van der Waals surface area contributed by atoms with E-state index in [0.29, 0.717) is 5.52 Å². The Bertz CT molecular complexity index is 983. The Kier molecular flexibility index (Phi) is 3.53. The number of carbonyl (C=O) groups excluding carboxylic acids is 1. The molecule has 0 aliphatic heterocycles. The number of hydrogen-bond donors (Lipinski definition) is 3. The van der Waals surface area contributed by atoms with Crippen molar-refractivity contribution in [2.45, 2.75) is 0 Å². The van der Waals surface area contributed by atoms with Crippen molar-refractivity contribution in [2.75, 3.05) is 5.32 Å². The topological polar surface area (TPSA) is 82.2 Å². The first-order chi connectivity index (χ1) is 11.0. The standard InChI is InChI=1S/C16H10F2N2O3/c17-8-5-6-10(18)12(7-8)20-16(23)13-14(21)9-3-1-2-4-11(9)19-15(13)22/h1-7H,(H,20,23)(H2,19,21,22). The minimum atomic E-state index is -1.04. The first-order valence-corrected chi connectivity index (χ1v) is 6.58. The number of aromatic amines is 1. The molecular weight excluding hydrogens is 306 g/mol. The van der Waals surface area contributed by atoms with Gasteiger partial charge >= 0.3 is 0 Å². The van der Waals surface area contributed by atoms with E-state index in [2.05, 4.69) is 10.3 Å². The molecule has 2 aromatic carbocycles. The molecule has 0 atom stereocenters. The zero-order valence-corrected chi connectivity index (χ0v) is 11.6. The van der Waals surface area contributed by atoms with E-state index in [1.165, 1.54) is 6.07 Å². The van der Waals surface area contributed by atoms with Crippen LogP contribution >= 0.6 is 0 Å². The van der Waals surface area contributed by atoms with Gasteiger partial charge in [-0.3, -0.25) is 9.59 Å². The van der Waals surface area contributed by atoms with Gasteiger partial charge in [-0.25, -0.2) is 8.78 Å². The van der Waals surface area contributed by atoms with Crippen LogP contribution in [0.5, 0.6) is 5.75 Å². The molecule has 0 saturated carbocycles. The lowest BCUT2D eigenvalue weighted by atomic mass is 10.1. The highest BCUT2D eigenvalue weighted by Crippen LogP contribution is 2.25. The number of anilines is 1. The predicted molar refractivity (Wildman–Crippen MR) is 80.5 cm³/mol. The van der Waals surface area contributed by atoms with Crippen molar-refractivity contribution < 1.29 is 18.7 Å². The SMILES string of the molecule is O=C(Nc1cc(F)ccc1F)c1c(O)c2ccccc2[nH]c1=O. The van der Waals surface area contributed by atoms with Crippen LogP contribution in [0.3, 0.4) is 0 Å². The number of fused-ring (bicyclic) bond motifs is 1. The molecule has 0 bridgehead atoms. The molecule has 0 saturated heterocycles. The molecular formula is C16H10F2N2O3. The third-order valence-corrected chi connectivity index (χ3v) is 3.30. The van der Waals surface area contributed by atoms with Gasteiger partial charge < -0.3 is 15.4 Å². The summed E-state index contributed by atoms with van der Waals surface area (Å²) >= 11 is 0. The summed E-state index contributed by atoms with van der Waals surface area (Å²) in [4.78, 5) is 26.6. The number of benzene rings is 2. The second kappa shape index (κ2) is 5.53. The number of amides is 1. The molecule has 0 spiro atoms. The van der Waals surface area contributed by atoms with Gasteiger partial charge in [0, 0.05) is 11.5 Å². The summed E-state index contributed by atoms with van der Waals surface area (Å²) < 4.78 is 26.7. The fourth-order valence-electron chi connectivity index (χ4n) is 2.21. The van der Waals surface area contributed by atoms with Crippen LogP contribution in [0.15, 0.2) is 47.3 Å². The number of para-hydroxylation sites is 1. The summed E-state index contributed by atoms with van der Waals surface area (Å²) in [6, 6.07) is 8.86. The number of pyridine rings is 1. The number of aromatic nitrogens is 1. The molecule has 116 valence electrons. The molecule has 3 N–H and O–H groups in total. The van der Waals surface area contributed by atoms with E-state index in [-0.39, 0.29) is 5.39 Å². The molecule has 0 aliphatic carbocycles. The van der Waals surface area contributed by atoms with Gasteiger partial charge in [-0.05, 0) is 24.3 Å². The molecule has 1 heterocycles. The maximum atomic E-state index is 13.6. The lowest BCUT2D eigenvalue weighted by Gasteiger charge is -2.09. The Labute approximate surface area is 128 Å². The van der Waals surface area contributed by atoms with Crippen LogP contribution in [0, 0.1) is 11.6 Å². The molecule has 0 unspecified atom stereocenters. The normalized spacial score (nSPS) is 10.7. The molecule has 0 aliphatic rings. The van der Waals surface area contributed by atoms with E-state index in [9.17, 15) is 23.5 Å². The highest BCUT2D eigenvalue weighted by atomic mass is 19.1. The molecule has 5 nitrogen and oxygen atoms in total. The fraction of sp³-hybridized carbons (Fsp3) is 0. The summed E-state index contributed by atoms with van der Waals surface area (Å²) in [5.41, 5.74) is -1.49. The van der Waals surface area contributed by atoms with Gasteiger partial charge in [0.2, 0.25) is 0 Å². The summed E-state index contributed by atoms with van der Waals surface area (Å²) in [7, 11) is 0. The van der Waals surface area contributed by atoms with Crippen LogP contribution in [0.1, 0.15) is 10.4 Å². The quantitative estimate of drug-likeness (QED) is 0.680. The van der Waals surface area contributed by atoms with Gasteiger partial charge in [0.05, 0.1) is 11.2 Å². The number of halogens is 2. The molecule has 3 rings (SSSR count). The van der Waals surface area contributed by atoms with E-state index in [4.69, 9.17) is 0 Å². The third kappa shape index (κ3) is 2.64. The smallest absolute Gasteiger partial charge is 0.265 e. The predicted octanol–water partition coefficient (Wildman–Crippen LogP) is 2.76. The first kappa shape index (κ1) is 14.7. The van der Waals surface area contributed by atoms with Crippen molar-refractivity contribution >= 4 is 22.5 Å². The number of hydrogen-bond acceptors (Lipinski definition) is 3. The van der Waals surface area contributed by atoms with Crippen LogP contribution in [-0.4, -0.2) is 16.0 Å². The highest BCUT2D eigenvalue weighted by Gasteiger charge is 2.20. The Morgan fingerprint density at radius 1 is 1.13 bits per heavy atom. The van der Waals surface area contributed by atoms with Gasteiger partial charge in [-0.2, -0.15) is 0 Å². The third-order valence-electron chi connectivity index (χ3n) is 3.30. The Hall–Kier alpha value is -3.22. The second-order valence-corrected chi connectivity index (χ2v) is 4.80. The Morgan fingerprint density at radius 2 is 1.87 bits per heavy atom. The van der Waals surface area contributed by atoms with Crippen molar-refractivity contribution in [1.29, 1.82) is 0 Å². The minimum absolute atomic E-state index is 0.261. The van der Waals surface area contributed by atoms with Crippen LogP contribution in [-0.2, 0) is 0 Å². The van der Waals surface area contributed by atoms with Crippen molar-refractivity contribution in [3.8, 4) is 5.75 Å². The monoisotopic (exact) mass is 316 g/mol. The van der Waals surface area contributed by atoms with Crippen LogP contribution in [0.4, 0.5) is 14.5 Å². The first-order valence-electron chi connectivity index (χ1n) is 6.58. The molecule has 1 aromatic heterocycles. The van der Waals surface area contributed by atoms with Gasteiger partial charge in [0.1, 0.15) is 22.9 Å². The highest BCUT2D eigenvalue weighted by molar-refractivity contribution is 6.08. The minimum Gasteiger partial charge on any atom is -0.506 e. The van der Waals surface area contributed by atoms with Crippen molar-refractivity contribution in [1.82, 2.24) is 4.98 Å². The number of nitrogens with one attached hydrogen (secondary N) is 2. The number of rotatable bonds is 2.